The van der Waals surface area contributed by atoms with E-state index in [0.29, 0.717) is 39.7 Å². The van der Waals surface area contributed by atoms with Gasteiger partial charge in [-0.15, -0.1) is 11.3 Å². The third kappa shape index (κ3) is 4.01. The van der Waals surface area contributed by atoms with Gasteiger partial charge in [-0.25, -0.2) is 9.48 Å². The number of fused-ring (bicyclic) bond motifs is 4. The summed E-state index contributed by atoms with van der Waals surface area (Å²) in [5, 5.41) is 7.21. The van der Waals surface area contributed by atoms with Crippen LogP contribution in [0.4, 0.5) is 18.2 Å². The summed E-state index contributed by atoms with van der Waals surface area (Å²) in [5.41, 5.74) is 2.13. The first-order valence-electron chi connectivity index (χ1n) is 12.2. The molecule has 0 bridgehead atoms. The molecule has 1 amide bonds. The number of rotatable bonds is 4. The van der Waals surface area contributed by atoms with Gasteiger partial charge < -0.3 is 14.5 Å². The number of amides is 1. The highest BCUT2D eigenvalue weighted by molar-refractivity contribution is 7.17. The molecule has 2 aliphatic carbocycles. The zero-order chi connectivity index (χ0) is 26.6. The Morgan fingerprint density at radius 1 is 1.05 bits per heavy atom. The van der Waals surface area contributed by atoms with Crippen LogP contribution < -0.4 is 5.32 Å². The molecule has 0 fully saturated rings. The number of alkyl halides is 3. The number of esters is 1. The Labute approximate surface area is 219 Å². The Bertz CT molecular complexity index is 1560. The lowest BCUT2D eigenvalue weighted by molar-refractivity contribution is -0.142. The second-order valence-electron chi connectivity index (χ2n) is 9.25. The first-order chi connectivity index (χ1) is 18.3. The quantitative estimate of drug-likeness (QED) is 0.310. The minimum Gasteiger partial charge on any atom is -0.469 e. The lowest BCUT2D eigenvalue weighted by Crippen LogP contribution is -2.15. The van der Waals surface area contributed by atoms with Gasteiger partial charge in [-0.2, -0.15) is 18.3 Å². The number of nitrogens with zero attached hydrogens (tertiary/aromatic N) is 2. The highest BCUT2D eigenvalue weighted by atomic mass is 32.1. The molecule has 0 unspecified atom stereocenters. The summed E-state index contributed by atoms with van der Waals surface area (Å²) in [6.07, 6.45) is 0.985. The molecule has 3 heterocycles. The van der Waals surface area contributed by atoms with Gasteiger partial charge in [0.25, 0.3) is 5.91 Å². The van der Waals surface area contributed by atoms with Crippen LogP contribution >= 0.6 is 11.3 Å². The summed E-state index contributed by atoms with van der Waals surface area (Å²) in [6, 6.07) is 7.80. The minimum atomic E-state index is -4.60. The van der Waals surface area contributed by atoms with E-state index in [0.717, 1.165) is 36.1 Å². The smallest absolute Gasteiger partial charge is 0.435 e. The Kier molecular flexibility index (Phi) is 5.90. The molecule has 0 saturated carbocycles. The normalized spacial score (nSPS) is 14.4. The Morgan fingerprint density at radius 2 is 1.82 bits per heavy atom. The fraction of sp³-hybridized carbons (Fsp3) is 0.296. The average molecular weight is 542 g/mol. The molecule has 11 heteroatoms. The van der Waals surface area contributed by atoms with Gasteiger partial charge in [0, 0.05) is 28.0 Å². The lowest BCUT2D eigenvalue weighted by atomic mass is 9.94. The molecule has 1 aromatic carbocycles. The van der Waals surface area contributed by atoms with Crippen molar-refractivity contribution in [3.05, 3.63) is 75.2 Å². The van der Waals surface area contributed by atoms with Crippen LogP contribution in [0.2, 0.25) is 0 Å². The molecule has 7 nitrogen and oxygen atoms in total. The van der Waals surface area contributed by atoms with Gasteiger partial charge in [0.2, 0.25) is 0 Å². The van der Waals surface area contributed by atoms with Crippen molar-refractivity contribution in [2.75, 3.05) is 12.4 Å². The second-order valence-corrected chi connectivity index (χ2v) is 10.4. The van der Waals surface area contributed by atoms with E-state index in [9.17, 15) is 22.8 Å². The number of methoxy groups -OCH3 is 1. The summed E-state index contributed by atoms with van der Waals surface area (Å²) < 4.78 is 53.1. The number of thiophene rings is 1. The predicted octanol–water partition coefficient (Wildman–Crippen LogP) is 6.23. The number of benzene rings is 1. The summed E-state index contributed by atoms with van der Waals surface area (Å²) in [6.45, 7) is 0. The number of aryl methyl sites for hydroxylation is 2. The first-order valence-corrected chi connectivity index (χ1v) is 13.0. The summed E-state index contributed by atoms with van der Waals surface area (Å²) in [7, 11) is 1.31. The molecule has 1 N–H and O–H groups in total. The van der Waals surface area contributed by atoms with E-state index in [1.54, 1.807) is 18.2 Å². The third-order valence-electron chi connectivity index (χ3n) is 7.02. The SMILES string of the molecule is COC(=O)c1c(NC(=O)c2ccc(-n3nc(C(F)(F)F)c4c3-c3ccoc3CC4)cc2)sc2c1CCCC2. The molecule has 0 spiro atoms. The number of aromatic nitrogens is 2. The van der Waals surface area contributed by atoms with Crippen LogP contribution in [0.1, 0.15) is 61.0 Å². The molecule has 196 valence electrons. The fourth-order valence-electron chi connectivity index (χ4n) is 5.26. The highest BCUT2D eigenvalue weighted by Crippen LogP contribution is 2.43. The van der Waals surface area contributed by atoms with Crippen molar-refractivity contribution in [2.24, 2.45) is 0 Å². The van der Waals surface area contributed by atoms with Crippen molar-refractivity contribution >= 4 is 28.2 Å². The van der Waals surface area contributed by atoms with Crippen molar-refractivity contribution in [3.63, 3.8) is 0 Å². The van der Waals surface area contributed by atoms with E-state index in [1.807, 2.05) is 0 Å². The van der Waals surface area contributed by atoms with Crippen LogP contribution in [0, 0.1) is 0 Å². The van der Waals surface area contributed by atoms with Crippen LogP contribution in [0.15, 0.2) is 41.0 Å². The maximum absolute atomic E-state index is 13.8. The van der Waals surface area contributed by atoms with Crippen molar-refractivity contribution in [2.45, 2.75) is 44.7 Å². The molecule has 38 heavy (non-hydrogen) atoms. The van der Waals surface area contributed by atoms with Crippen LogP contribution in [0.3, 0.4) is 0 Å². The summed E-state index contributed by atoms with van der Waals surface area (Å²) in [5.74, 6) is -0.308. The maximum Gasteiger partial charge on any atom is 0.435 e. The number of furan rings is 1. The molecular weight excluding hydrogens is 519 g/mol. The van der Waals surface area contributed by atoms with Crippen LogP contribution in [-0.2, 0) is 36.6 Å². The molecule has 2 aliphatic rings. The number of halogens is 3. The van der Waals surface area contributed by atoms with Crippen molar-refractivity contribution in [1.82, 2.24) is 9.78 Å². The van der Waals surface area contributed by atoms with Gasteiger partial charge in [0.05, 0.1) is 30.3 Å². The third-order valence-corrected chi connectivity index (χ3v) is 8.22. The Balaban J connectivity index is 1.33. The van der Waals surface area contributed by atoms with Crippen molar-refractivity contribution in [1.29, 1.82) is 0 Å². The van der Waals surface area contributed by atoms with E-state index in [1.165, 1.54) is 41.5 Å². The molecule has 0 radical (unpaired) electrons. The lowest BCUT2D eigenvalue weighted by Gasteiger charge is -2.15. The molecule has 3 aromatic heterocycles. The Morgan fingerprint density at radius 3 is 2.55 bits per heavy atom. The number of carbonyl (C=O) groups excluding carboxylic acids is 2. The number of anilines is 1. The van der Waals surface area contributed by atoms with Gasteiger partial charge >= 0.3 is 12.1 Å². The van der Waals surface area contributed by atoms with Crippen LogP contribution in [-0.4, -0.2) is 28.8 Å². The molecule has 6 rings (SSSR count). The topological polar surface area (TPSA) is 86.4 Å². The predicted molar refractivity (Wildman–Crippen MR) is 134 cm³/mol. The number of carbonyl (C=O) groups is 2. The van der Waals surface area contributed by atoms with E-state index >= 15 is 0 Å². The Hall–Kier alpha value is -3.86. The van der Waals surface area contributed by atoms with Gasteiger partial charge in [-0.1, -0.05) is 0 Å². The standard InChI is InChI=1S/C27H22F3N3O4S/c1-36-26(35)21-17-4-2-3-5-20(17)38-25(21)31-24(34)14-6-8-15(9-7-14)33-22-16-12-13-37-19(16)11-10-18(22)23(32-33)27(28,29)30/h6-9,12-13H,2-5,10-11H2,1H3,(H,31,34). The van der Waals surface area contributed by atoms with Crippen molar-refractivity contribution in [3.8, 4) is 16.9 Å². The number of ether oxygens (including phenoxy) is 1. The average Bonchev–Trinajstić information content (AvgIpc) is 3.62. The second kappa shape index (κ2) is 9.16. The number of nitrogens with one attached hydrogen (secondary N) is 1. The summed E-state index contributed by atoms with van der Waals surface area (Å²) in [4.78, 5) is 26.7. The van der Waals surface area contributed by atoms with Gasteiger partial charge in [-0.3, -0.25) is 4.79 Å². The van der Waals surface area contributed by atoms with Gasteiger partial charge in [0.1, 0.15) is 10.8 Å². The van der Waals surface area contributed by atoms with Crippen molar-refractivity contribution < 1.29 is 31.9 Å². The molecule has 0 saturated heterocycles. The molecular formula is C27H22F3N3O4S. The maximum atomic E-state index is 13.8. The first kappa shape index (κ1) is 24.5. The van der Waals surface area contributed by atoms with E-state index in [4.69, 9.17) is 9.15 Å². The van der Waals surface area contributed by atoms with Gasteiger partial charge in [0.15, 0.2) is 5.69 Å². The molecule has 0 atom stereocenters. The zero-order valence-electron chi connectivity index (χ0n) is 20.3. The summed E-state index contributed by atoms with van der Waals surface area (Å²) >= 11 is 1.38. The van der Waals surface area contributed by atoms with E-state index < -0.39 is 23.7 Å². The minimum absolute atomic E-state index is 0.130. The largest absolute Gasteiger partial charge is 0.469 e. The number of hydrogen-bond donors (Lipinski definition) is 1. The van der Waals surface area contributed by atoms with E-state index in [2.05, 4.69) is 10.4 Å². The molecule has 0 aliphatic heterocycles. The monoisotopic (exact) mass is 541 g/mol. The number of hydrogen-bond acceptors (Lipinski definition) is 6. The zero-order valence-corrected chi connectivity index (χ0v) is 21.1. The molecule has 4 aromatic rings. The van der Waals surface area contributed by atoms with E-state index in [-0.39, 0.29) is 17.5 Å². The van der Waals surface area contributed by atoms with Crippen LogP contribution in [0.25, 0.3) is 16.9 Å². The van der Waals surface area contributed by atoms with Gasteiger partial charge in [-0.05, 0) is 68.0 Å². The fourth-order valence-corrected chi connectivity index (χ4v) is 6.54. The highest BCUT2D eigenvalue weighted by Gasteiger charge is 2.41. The van der Waals surface area contributed by atoms with Crippen LogP contribution in [0.5, 0.6) is 0 Å².